The summed E-state index contributed by atoms with van der Waals surface area (Å²) in [4.78, 5) is 16.4. The number of rotatable bonds is 5. The average molecular weight is 376 g/mol. The quantitative estimate of drug-likeness (QED) is 0.686. The molecular weight excluding hydrogens is 361 g/mol. The van der Waals surface area contributed by atoms with Crippen molar-refractivity contribution in [1.82, 2.24) is 10.1 Å². The molecule has 1 N–H and O–H groups in total. The molecule has 0 aliphatic rings. The van der Waals surface area contributed by atoms with Crippen LogP contribution in [0.2, 0.25) is 10.0 Å². The highest BCUT2D eigenvalue weighted by Crippen LogP contribution is 2.25. The third-order valence-electron chi connectivity index (χ3n) is 3.62. The number of carbonyl (C=O) groups excluding carboxylic acids is 1. The first-order valence-electron chi connectivity index (χ1n) is 7.66. The van der Waals surface area contributed by atoms with E-state index in [1.807, 2.05) is 31.2 Å². The van der Waals surface area contributed by atoms with E-state index >= 15 is 0 Å². The number of aryl methyl sites for hydroxylation is 2. The maximum absolute atomic E-state index is 12.1. The van der Waals surface area contributed by atoms with Gasteiger partial charge >= 0.3 is 0 Å². The normalized spacial score (nSPS) is 10.7. The Balaban J connectivity index is 1.61. The summed E-state index contributed by atoms with van der Waals surface area (Å²) < 4.78 is 5.20. The van der Waals surface area contributed by atoms with Gasteiger partial charge in [0.2, 0.25) is 17.6 Å². The molecule has 2 aromatic carbocycles. The van der Waals surface area contributed by atoms with Crippen LogP contribution in [0.15, 0.2) is 47.0 Å². The van der Waals surface area contributed by atoms with Gasteiger partial charge in [0.1, 0.15) is 0 Å². The van der Waals surface area contributed by atoms with Gasteiger partial charge < -0.3 is 9.84 Å². The smallest absolute Gasteiger partial charge is 0.227 e. The Labute approximate surface area is 155 Å². The molecule has 128 valence electrons. The Hall–Kier alpha value is -2.37. The van der Waals surface area contributed by atoms with E-state index in [1.165, 1.54) is 0 Å². The van der Waals surface area contributed by atoms with Crippen LogP contribution in [0.5, 0.6) is 0 Å². The maximum Gasteiger partial charge on any atom is 0.227 e. The standard InChI is InChI=1S/C18H15Cl2N3O2/c1-11-6-7-12(19)10-15(11)21-16(24)8-9-17-22-18(23-25-17)13-4-2-3-5-14(13)20/h2-7,10H,8-9H2,1H3,(H,21,24). The van der Waals surface area contributed by atoms with Crippen molar-refractivity contribution in [3.63, 3.8) is 0 Å². The van der Waals surface area contributed by atoms with Gasteiger partial charge in [0.15, 0.2) is 0 Å². The first-order chi connectivity index (χ1) is 12.0. The predicted molar refractivity (Wildman–Crippen MR) is 97.9 cm³/mol. The van der Waals surface area contributed by atoms with Gasteiger partial charge in [-0.1, -0.05) is 46.6 Å². The zero-order valence-electron chi connectivity index (χ0n) is 13.4. The molecule has 0 aliphatic carbocycles. The van der Waals surface area contributed by atoms with Crippen LogP contribution in [0.3, 0.4) is 0 Å². The molecule has 1 aromatic heterocycles. The highest BCUT2D eigenvalue weighted by Gasteiger charge is 2.13. The molecule has 0 saturated carbocycles. The molecule has 0 atom stereocenters. The van der Waals surface area contributed by atoms with Gasteiger partial charge in [-0.05, 0) is 36.8 Å². The fourth-order valence-corrected chi connectivity index (χ4v) is 2.66. The second-order valence-corrected chi connectivity index (χ2v) is 6.34. The number of carbonyl (C=O) groups is 1. The van der Waals surface area contributed by atoms with Crippen LogP contribution in [-0.4, -0.2) is 16.0 Å². The van der Waals surface area contributed by atoms with Gasteiger partial charge in [-0.25, -0.2) is 0 Å². The third-order valence-corrected chi connectivity index (χ3v) is 4.19. The van der Waals surface area contributed by atoms with Gasteiger partial charge in [0, 0.05) is 29.1 Å². The summed E-state index contributed by atoms with van der Waals surface area (Å²) in [7, 11) is 0. The Bertz CT molecular complexity index is 909. The molecule has 0 radical (unpaired) electrons. The Morgan fingerprint density at radius 3 is 2.80 bits per heavy atom. The van der Waals surface area contributed by atoms with Crippen LogP contribution in [0.4, 0.5) is 5.69 Å². The van der Waals surface area contributed by atoms with Crippen LogP contribution >= 0.6 is 23.2 Å². The number of aromatic nitrogens is 2. The Morgan fingerprint density at radius 2 is 2.00 bits per heavy atom. The number of nitrogens with zero attached hydrogens (tertiary/aromatic N) is 2. The van der Waals surface area contributed by atoms with Crippen molar-refractivity contribution in [3.05, 3.63) is 64.0 Å². The third kappa shape index (κ3) is 4.38. The summed E-state index contributed by atoms with van der Waals surface area (Å²) in [6.45, 7) is 1.90. The lowest BCUT2D eigenvalue weighted by Gasteiger charge is -2.08. The summed E-state index contributed by atoms with van der Waals surface area (Å²) in [6, 6.07) is 12.6. The largest absolute Gasteiger partial charge is 0.339 e. The minimum Gasteiger partial charge on any atom is -0.339 e. The van der Waals surface area contributed by atoms with Gasteiger partial charge in [0.25, 0.3) is 0 Å². The van der Waals surface area contributed by atoms with Gasteiger partial charge in [-0.3, -0.25) is 4.79 Å². The van der Waals surface area contributed by atoms with E-state index in [-0.39, 0.29) is 12.3 Å². The topological polar surface area (TPSA) is 68.0 Å². The molecule has 0 fully saturated rings. The number of hydrogen-bond donors (Lipinski definition) is 1. The number of amides is 1. The summed E-state index contributed by atoms with van der Waals surface area (Å²) in [6.07, 6.45) is 0.555. The number of anilines is 1. The molecular formula is C18H15Cl2N3O2. The summed E-state index contributed by atoms with van der Waals surface area (Å²) in [5, 5.41) is 7.87. The van der Waals surface area contributed by atoms with Crippen molar-refractivity contribution >= 4 is 34.8 Å². The zero-order valence-corrected chi connectivity index (χ0v) is 14.9. The molecule has 0 saturated heterocycles. The summed E-state index contributed by atoms with van der Waals surface area (Å²) in [5.41, 5.74) is 2.33. The number of nitrogens with one attached hydrogen (secondary N) is 1. The second kappa shape index (κ2) is 7.68. The highest BCUT2D eigenvalue weighted by atomic mass is 35.5. The predicted octanol–water partition coefficient (Wildman–Crippen LogP) is 4.92. The Kier molecular flexibility index (Phi) is 5.36. The SMILES string of the molecule is Cc1ccc(Cl)cc1NC(=O)CCc1nc(-c2ccccc2Cl)no1. The molecule has 3 aromatic rings. The molecule has 1 heterocycles. The van der Waals surface area contributed by atoms with Crippen molar-refractivity contribution in [3.8, 4) is 11.4 Å². The molecule has 5 nitrogen and oxygen atoms in total. The lowest BCUT2D eigenvalue weighted by molar-refractivity contribution is -0.116. The van der Waals surface area contributed by atoms with Crippen LogP contribution < -0.4 is 5.32 Å². The molecule has 0 bridgehead atoms. The molecule has 0 aliphatic heterocycles. The molecule has 0 spiro atoms. The van der Waals surface area contributed by atoms with E-state index in [2.05, 4.69) is 15.5 Å². The van der Waals surface area contributed by atoms with E-state index in [1.54, 1.807) is 18.2 Å². The average Bonchev–Trinajstić information content (AvgIpc) is 3.05. The van der Waals surface area contributed by atoms with E-state index in [0.29, 0.717) is 39.4 Å². The van der Waals surface area contributed by atoms with E-state index in [9.17, 15) is 4.79 Å². The number of benzene rings is 2. The van der Waals surface area contributed by atoms with Gasteiger partial charge in [-0.15, -0.1) is 0 Å². The molecule has 1 amide bonds. The fourth-order valence-electron chi connectivity index (χ4n) is 2.27. The first kappa shape index (κ1) is 17.5. The molecule has 7 heteroatoms. The van der Waals surface area contributed by atoms with E-state index < -0.39 is 0 Å². The van der Waals surface area contributed by atoms with Crippen molar-refractivity contribution in [2.75, 3.05) is 5.32 Å². The van der Waals surface area contributed by atoms with E-state index in [0.717, 1.165) is 5.56 Å². The van der Waals surface area contributed by atoms with Crippen LogP contribution in [0.1, 0.15) is 17.9 Å². The highest BCUT2D eigenvalue weighted by molar-refractivity contribution is 6.33. The molecule has 3 rings (SSSR count). The lowest BCUT2D eigenvalue weighted by atomic mass is 10.2. The van der Waals surface area contributed by atoms with Crippen molar-refractivity contribution < 1.29 is 9.32 Å². The number of hydrogen-bond acceptors (Lipinski definition) is 4. The monoisotopic (exact) mass is 375 g/mol. The fraction of sp³-hybridized carbons (Fsp3) is 0.167. The first-order valence-corrected chi connectivity index (χ1v) is 8.42. The second-order valence-electron chi connectivity index (χ2n) is 5.50. The summed E-state index contributed by atoms with van der Waals surface area (Å²) >= 11 is 12.1. The minimum atomic E-state index is -0.150. The lowest BCUT2D eigenvalue weighted by Crippen LogP contribution is -2.13. The maximum atomic E-state index is 12.1. The van der Waals surface area contributed by atoms with Crippen LogP contribution in [0, 0.1) is 6.92 Å². The van der Waals surface area contributed by atoms with Crippen molar-refractivity contribution in [2.24, 2.45) is 0 Å². The zero-order chi connectivity index (χ0) is 17.8. The van der Waals surface area contributed by atoms with Gasteiger partial charge in [-0.2, -0.15) is 4.98 Å². The van der Waals surface area contributed by atoms with Gasteiger partial charge in [0.05, 0.1) is 5.02 Å². The van der Waals surface area contributed by atoms with Crippen LogP contribution in [0.25, 0.3) is 11.4 Å². The molecule has 25 heavy (non-hydrogen) atoms. The van der Waals surface area contributed by atoms with Crippen LogP contribution in [-0.2, 0) is 11.2 Å². The van der Waals surface area contributed by atoms with E-state index in [4.69, 9.17) is 27.7 Å². The minimum absolute atomic E-state index is 0.150. The van der Waals surface area contributed by atoms with Crippen molar-refractivity contribution in [2.45, 2.75) is 19.8 Å². The number of halogens is 2. The Morgan fingerprint density at radius 1 is 1.20 bits per heavy atom. The molecule has 0 unspecified atom stereocenters. The van der Waals surface area contributed by atoms with Crippen molar-refractivity contribution in [1.29, 1.82) is 0 Å². The summed E-state index contributed by atoms with van der Waals surface area (Å²) in [5.74, 6) is 0.641.